The third-order valence-corrected chi connectivity index (χ3v) is 5.94. The molecule has 0 aliphatic carbocycles. The average Bonchev–Trinajstić information content (AvgIpc) is 2.76. The summed E-state index contributed by atoms with van der Waals surface area (Å²) in [5.74, 6) is 1.08. The van der Waals surface area contributed by atoms with Gasteiger partial charge in [-0.25, -0.2) is 0 Å². The quantitative estimate of drug-likeness (QED) is 0.438. The molecule has 0 amide bonds. The Morgan fingerprint density at radius 2 is 1.87 bits per heavy atom. The van der Waals surface area contributed by atoms with Crippen molar-refractivity contribution >= 4 is 33.2 Å². The minimum absolute atomic E-state index is 0.122. The first kappa shape index (κ1) is 20.9. The molecule has 0 spiro atoms. The number of benzene rings is 3. The van der Waals surface area contributed by atoms with Crippen molar-refractivity contribution in [3.8, 4) is 11.5 Å². The van der Waals surface area contributed by atoms with Gasteiger partial charge in [-0.15, -0.1) is 0 Å². The number of aromatic hydroxyl groups is 1. The standard InChI is InChI=1S/C24H22BrClN2O2/c1-2-30-17-10-7-15(8-11-17)21-14-22(19-13-16(25)9-12-23(19)29)28-24(27-21)18-5-3-4-6-20(18)26/h3-13,22,24,28-29H,2,14H2,1H3/t22-,24-/m1/s1. The zero-order chi connectivity index (χ0) is 21.1. The lowest BCUT2D eigenvalue weighted by molar-refractivity contribution is 0.340. The van der Waals surface area contributed by atoms with E-state index in [1.807, 2.05) is 67.6 Å². The second-order valence-corrected chi connectivity index (χ2v) is 8.41. The van der Waals surface area contributed by atoms with Crippen LogP contribution in [0.3, 0.4) is 0 Å². The molecular weight excluding hydrogens is 464 g/mol. The normalized spacial score (nSPS) is 18.7. The fourth-order valence-electron chi connectivity index (χ4n) is 3.65. The number of phenolic OH excluding ortho intramolecular Hbond substituents is 1. The van der Waals surface area contributed by atoms with Crippen LogP contribution < -0.4 is 10.1 Å². The summed E-state index contributed by atoms with van der Waals surface area (Å²) in [6.07, 6.45) is 0.316. The van der Waals surface area contributed by atoms with Gasteiger partial charge in [0.05, 0.1) is 6.61 Å². The highest BCUT2D eigenvalue weighted by molar-refractivity contribution is 9.10. The molecule has 154 valence electrons. The van der Waals surface area contributed by atoms with E-state index in [1.165, 1.54) is 0 Å². The SMILES string of the molecule is CCOc1ccc(C2=N[C@@H](c3ccccc3Cl)N[C@@H](c3cc(Br)ccc3O)C2)cc1. The summed E-state index contributed by atoms with van der Waals surface area (Å²) in [7, 11) is 0. The summed E-state index contributed by atoms with van der Waals surface area (Å²) < 4.78 is 6.48. The predicted octanol–water partition coefficient (Wildman–Crippen LogP) is 6.43. The number of rotatable bonds is 5. The molecule has 0 fully saturated rings. The molecule has 1 aliphatic heterocycles. The van der Waals surface area contributed by atoms with Crippen molar-refractivity contribution in [2.24, 2.45) is 4.99 Å². The molecule has 0 aromatic heterocycles. The molecule has 2 atom stereocenters. The highest BCUT2D eigenvalue weighted by atomic mass is 79.9. The molecule has 6 heteroatoms. The molecule has 0 saturated carbocycles. The van der Waals surface area contributed by atoms with Crippen LogP contribution >= 0.6 is 27.5 Å². The van der Waals surface area contributed by atoms with Gasteiger partial charge in [-0.1, -0.05) is 45.7 Å². The molecule has 0 unspecified atom stereocenters. The number of ether oxygens (including phenoxy) is 1. The Kier molecular flexibility index (Phi) is 6.42. The second-order valence-electron chi connectivity index (χ2n) is 7.08. The molecule has 3 aromatic carbocycles. The maximum atomic E-state index is 10.5. The number of phenols is 1. The van der Waals surface area contributed by atoms with E-state index in [-0.39, 0.29) is 18.0 Å². The van der Waals surface area contributed by atoms with Gasteiger partial charge in [0, 0.05) is 38.8 Å². The minimum atomic E-state index is -0.322. The van der Waals surface area contributed by atoms with Crippen molar-refractivity contribution in [2.75, 3.05) is 6.61 Å². The van der Waals surface area contributed by atoms with E-state index in [9.17, 15) is 5.11 Å². The summed E-state index contributed by atoms with van der Waals surface area (Å²) in [6.45, 7) is 2.59. The fourth-order valence-corrected chi connectivity index (χ4v) is 4.27. The fraction of sp³-hybridized carbons (Fsp3) is 0.208. The molecule has 30 heavy (non-hydrogen) atoms. The van der Waals surface area contributed by atoms with Crippen LogP contribution in [-0.4, -0.2) is 17.4 Å². The number of nitrogens with zero attached hydrogens (tertiary/aromatic N) is 1. The van der Waals surface area contributed by atoms with Gasteiger partial charge in [0.1, 0.15) is 17.7 Å². The summed E-state index contributed by atoms with van der Waals surface area (Å²) in [4.78, 5) is 4.97. The van der Waals surface area contributed by atoms with Crippen molar-refractivity contribution in [3.05, 3.63) is 92.9 Å². The molecule has 0 radical (unpaired) electrons. The summed E-state index contributed by atoms with van der Waals surface area (Å²) >= 11 is 9.99. The Morgan fingerprint density at radius 1 is 1.10 bits per heavy atom. The lowest BCUT2D eigenvalue weighted by Crippen LogP contribution is -2.33. The van der Waals surface area contributed by atoms with Crippen LogP contribution in [0.4, 0.5) is 0 Å². The van der Waals surface area contributed by atoms with Crippen molar-refractivity contribution in [1.29, 1.82) is 0 Å². The Hall–Kier alpha value is -2.34. The molecule has 1 aliphatic rings. The van der Waals surface area contributed by atoms with Gasteiger partial charge >= 0.3 is 0 Å². The van der Waals surface area contributed by atoms with E-state index in [2.05, 4.69) is 21.2 Å². The monoisotopic (exact) mass is 484 g/mol. The summed E-state index contributed by atoms with van der Waals surface area (Å²) in [5.41, 5.74) is 3.70. The average molecular weight is 486 g/mol. The molecule has 0 saturated heterocycles. The topological polar surface area (TPSA) is 53.8 Å². The van der Waals surface area contributed by atoms with Crippen LogP contribution in [0.2, 0.25) is 5.02 Å². The Bertz CT molecular complexity index is 1070. The summed E-state index contributed by atoms with van der Waals surface area (Å²) in [6, 6.07) is 21.0. The molecule has 1 heterocycles. The third kappa shape index (κ3) is 4.53. The molecule has 0 bridgehead atoms. The highest BCUT2D eigenvalue weighted by Crippen LogP contribution is 2.37. The largest absolute Gasteiger partial charge is 0.508 e. The lowest BCUT2D eigenvalue weighted by atomic mass is 9.93. The molecule has 4 nitrogen and oxygen atoms in total. The maximum absolute atomic E-state index is 10.5. The zero-order valence-electron chi connectivity index (χ0n) is 16.5. The highest BCUT2D eigenvalue weighted by Gasteiger charge is 2.28. The van der Waals surface area contributed by atoms with Gasteiger partial charge in [-0.2, -0.15) is 0 Å². The van der Waals surface area contributed by atoms with Crippen molar-refractivity contribution < 1.29 is 9.84 Å². The van der Waals surface area contributed by atoms with Gasteiger partial charge in [0.2, 0.25) is 0 Å². The van der Waals surface area contributed by atoms with E-state index < -0.39 is 0 Å². The van der Waals surface area contributed by atoms with E-state index in [1.54, 1.807) is 6.07 Å². The first-order valence-corrected chi connectivity index (χ1v) is 11.0. The van der Waals surface area contributed by atoms with Crippen molar-refractivity contribution in [2.45, 2.75) is 25.6 Å². The zero-order valence-corrected chi connectivity index (χ0v) is 18.8. The van der Waals surface area contributed by atoms with Crippen LogP contribution in [0.25, 0.3) is 0 Å². The first-order chi connectivity index (χ1) is 14.5. The van der Waals surface area contributed by atoms with E-state index >= 15 is 0 Å². The molecule has 2 N–H and O–H groups in total. The second kappa shape index (κ2) is 9.21. The van der Waals surface area contributed by atoms with Gasteiger partial charge in [-0.05, 0) is 61.0 Å². The third-order valence-electron chi connectivity index (χ3n) is 5.10. The van der Waals surface area contributed by atoms with Crippen LogP contribution in [0.1, 0.15) is 42.2 Å². The number of halogens is 2. The van der Waals surface area contributed by atoms with Crippen molar-refractivity contribution in [1.82, 2.24) is 5.32 Å². The lowest BCUT2D eigenvalue weighted by Gasteiger charge is -2.31. The maximum Gasteiger partial charge on any atom is 0.127 e. The molecule has 4 rings (SSSR count). The molecular formula is C24H22BrClN2O2. The van der Waals surface area contributed by atoms with Crippen LogP contribution in [0, 0.1) is 0 Å². The van der Waals surface area contributed by atoms with Gasteiger partial charge in [0.15, 0.2) is 0 Å². The Labute approximate surface area is 189 Å². The van der Waals surface area contributed by atoms with Crippen LogP contribution in [-0.2, 0) is 0 Å². The number of hydrogen-bond donors (Lipinski definition) is 2. The van der Waals surface area contributed by atoms with E-state index in [4.69, 9.17) is 21.3 Å². The number of aliphatic imine (C=N–C) groups is 1. The van der Waals surface area contributed by atoms with Gasteiger partial charge in [-0.3, -0.25) is 10.3 Å². The summed E-state index contributed by atoms with van der Waals surface area (Å²) in [5, 5.41) is 14.7. The smallest absolute Gasteiger partial charge is 0.127 e. The minimum Gasteiger partial charge on any atom is -0.508 e. The van der Waals surface area contributed by atoms with Crippen LogP contribution in [0.15, 0.2) is 76.2 Å². The Balaban J connectivity index is 1.75. The van der Waals surface area contributed by atoms with Gasteiger partial charge in [0.25, 0.3) is 0 Å². The van der Waals surface area contributed by atoms with Gasteiger partial charge < -0.3 is 9.84 Å². The number of hydrogen-bond acceptors (Lipinski definition) is 4. The van der Waals surface area contributed by atoms with Crippen molar-refractivity contribution in [3.63, 3.8) is 0 Å². The Morgan fingerprint density at radius 3 is 2.60 bits per heavy atom. The van der Waals surface area contributed by atoms with E-state index in [0.717, 1.165) is 32.6 Å². The van der Waals surface area contributed by atoms with Crippen LogP contribution in [0.5, 0.6) is 11.5 Å². The molecule has 3 aromatic rings. The number of nitrogens with one attached hydrogen (secondary N) is 1. The predicted molar refractivity (Wildman–Crippen MR) is 125 cm³/mol. The van der Waals surface area contributed by atoms with E-state index in [0.29, 0.717) is 18.1 Å². The first-order valence-electron chi connectivity index (χ1n) is 9.84.